The summed E-state index contributed by atoms with van der Waals surface area (Å²) in [7, 11) is 0. The zero-order valence-corrected chi connectivity index (χ0v) is 10.2. The maximum atomic E-state index is 8.77. The van der Waals surface area contributed by atoms with Crippen molar-refractivity contribution in [1.29, 1.82) is 5.26 Å². The number of hydrogen-bond acceptors (Lipinski definition) is 3. The van der Waals surface area contributed by atoms with Crippen LogP contribution in [0.25, 0.3) is 0 Å². The average molecular weight is 229 g/mol. The molecule has 3 N–H and O–H groups in total. The fourth-order valence-electron chi connectivity index (χ4n) is 2.55. The summed E-state index contributed by atoms with van der Waals surface area (Å²) in [5.74, 6) is 0. The highest BCUT2D eigenvalue weighted by Gasteiger charge is 2.29. The van der Waals surface area contributed by atoms with Crippen LogP contribution in [0.15, 0.2) is 24.3 Å². The molecule has 0 saturated carbocycles. The van der Waals surface area contributed by atoms with Crippen molar-refractivity contribution in [3.05, 3.63) is 35.4 Å². The second-order valence-corrected chi connectivity index (χ2v) is 4.66. The molecular weight excluding hydrogens is 210 g/mol. The smallest absolute Gasteiger partial charge is 0.0638 e. The Labute approximate surface area is 103 Å². The molecule has 0 spiro atoms. The molecule has 3 heteroatoms. The van der Waals surface area contributed by atoms with Gasteiger partial charge in [-0.2, -0.15) is 5.26 Å². The van der Waals surface area contributed by atoms with Crippen LogP contribution < -0.4 is 11.1 Å². The van der Waals surface area contributed by atoms with Crippen molar-refractivity contribution in [2.24, 2.45) is 5.73 Å². The maximum absolute atomic E-state index is 8.77. The lowest BCUT2D eigenvalue weighted by Crippen LogP contribution is -2.31. The van der Waals surface area contributed by atoms with Gasteiger partial charge in [0, 0.05) is 18.1 Å². The molecular formula is C14H19N3. The Bertz CT molecular complexity index is 422. The quantitative estimate of drug-likeness (QED) is 0.833. The Balaban J connectivity index is 2.12. The van der Waals surface area contributed by atoms with Crippen molar-refractivity contribution in [2.45, 2.75) is 44.3 Å². The summed E-state index contributed by atoms with van der Waals surface area (Å²) < 4.78 is 0. The molecule has 0 heterocycles. The van der Waals surface area contributed by atoms with Crippen LogP contribution in [-0.2, 0) is 0 Å². The standard InChI is InChI=1S/C14H19N3/c1-2-10(7-8-15)17-14-9-13(16)11-5-3-4-6-12(11)14/h3-6,10,13-14,17H,2,7,9,16H2,1H3. The Kier molecular flexibility index (Phi) is 3.78. The molecule has 3 atom stereocenters. The van der Waals surface area contributed by atoms with Crippen molar-refractivity contribution in [3.8, 4) is 6.07 Å². The number of benzene rings is 1. The Morgan fingerprint density at radius 1 is 1.47 bits per heavy atom. The number of nitrogens with one attached hydrogen (secondary N) is 1. The fourth-order valence-corrected chi connectivity index (χ4v) is 2.55. The van der Waals surface area contributed by atoms with Gasteiger partial charge in [-0.05, 0) is 24.0 Å². The molecule has 0 aromatic heterocycles. The molecule has 17 heavy (non-hydrogen) atoms. The van der Waals surface area contributed by atoms with E-state index in [9.17, 15) is 0 Å². The van der Waals surface area contributed by atoms with E-state index in [4.69, 9.17) is 11.0 Å². The van der Waals surface area contributed by atoms with Crippen LogP contribution in [0.5, 0.6) is 0 Å². The number of rotatable bonds is 4. The number of hydrogen-bond donors (Lipinski definition) is 2. The van der Waals surface area contributed by atoms with Gasteiger partial charge in [0.15, 0.2) is 0 Å². The van der Waals surface area contributed by atoms with Gasteiger partial charge >= 0.3 is 0 Å². The fraction of sp³-hybridized carbons (Fsp3) is 0.500. The molecule has 1 aliphatic rings. The highest BCUT2D eigenvalue weighted by molar-refractivity contribution is 5.37. The van der Waals surface area contributed by atoms with Crippen LogP contribution in [-0.4, -0.2) is 6.04 Å². The molecule has 90 valence electrons. The van der Waals surface area contributed by atoms with E-state index in [1.54, 1.807) is 0 Å². The van der Waals surface area contributed by atoms with E-state index in [0.717, 1.165) is 12.8 Å². The molecule has 0 aliphatic heterocycles. The Hall–Kier alpha value is -1.37. The SMILES string of the molecule is CCC(CC#N)NC1CC(N)c2ccccc21. The first-order valence-electron chi connectivity index (χ1n) is 6.23. The average Bonchev–Trinajstić information content (AvgIpc) is 2.66. The van der Waals surface area contributed by atoms with Gasteiger partial charge in [0.25, 0.3) is 0 Å². The summed E-state index contributed by atoms with van der Waals surface area (Å²) in [5.41, 5.74) is 8.67. The van der Waals surface area contributed by atoms with Crippen LogP contribution in [0, 0.1) is 11.3 Å². The first-order valence-corrected chi connectivity index (χ1v) is 6.23. The topological polar surface area (TPSA) is 61.8 Å². The van der Waals surface area contributed by atoms with Crippen molar-refractivity contribution in [1.82, 2.24) is 5.32 Å². The largest absolute Gasteiger partial charge is 0.324 e. The second kappa shape index (κ2) is 5.31. The third kappa shape index (κ3) is 2.49. The second-order valence-electron chi connectivity index (χ2n) is 4.66. The molecule has 3 nitrogen and oxygen atoms in total. The molecule has 0 fully saturated rings. The Morgan fingerprint density at radius 3 is 2.82 bits per heavy atom. The minimum Gasteiger partial charge on any atom is -0.324 e. The van der Waals surface area contributed by atoms with Gasteiger partial charge in [0.05, 0.1) is 12.5 Å². The molecule has 1 aromatic carbocycles. The van der Waals surface area contributed by atoms with Gasteiger partial charge < -0.3 is 11.1 Å². The highest BCUT2D eigenvalue weighted by atomic mass is 15.0. The predicted octanol–water partition coefficient (Wildman–Crippen LogP) is 2.41. The number of fused-ring (bicyclic) bond motifs is 1. The monoisotopic (exact) mass is 229 g/mol. The van der Waals surface area contributed by atoms with Crippen molar-refractivity contribution in [2.75, 3.05) is 0 Å². The van der Waals surface area contributed by atoms with Gasteiger partial charge in [-0.25, -0.2) is 0 Å². The van der Waals surface area contributed by atoms with Gasteiger partial charge in [-0.3, -0.25) is 0 Å². The van der Waals surface area contributed by atoms with Gasteiger partial charge in [-0.1, -0.05) is 31.2 Å². The highest BCUT2D eigenvalue weighted by Crippen LogP contribution is 2.37. The van der Waals surface area contributed by atoms with Crippen LogP contribution in [0.4, 0.5) is 0 Å². The summed E-state index contributed by atoms with van der Waals surface area (Å²) in [6.45, 7) is 2.11. The van der Waals surface area contributed by atoms with Crippen molar-refractivity contribution >= 4 is 0 Å². The normalized spacial score (nSPS) is 24.1. The predicted molar refractivity (Wildman–Crippen MR) is 68.2 cm³/mol. The summed E-state index contributed by atoms with van der Waals surface area (Å²) in [5, 5.41) is 12.3. The summed E-state index contributed by atoms with van der Waals surface area (Å²) in [6, 6.07) is 11.3. The summed E-state index contributed by atoms with van der Waals surface area (Å²) >= 11 is 0. The third-order valence-corrected chi connectivity index (χ3v) is 3.53. The minimum atomic E-state index is 0.128. The van der Waals surface area contributed by atoms with Crippen LogP contribution in [0.1, 0.15) is 49.4 Å². The van der Waals surface area contributed by atoms with Gasteiger partial charge in [-0.15, -0.1) is 0 Å². The molecule has 0 saturated heterocycles. The van der Waals surface area contributed by atoms with Crippen molar-refractivity contribution in [3.63, 3.8) is 0 Å². The van der Waals surface area contributed by atoms with E-state index in [-0.39, 0.29) is 12.1 Å². The molecule has 0 bridgehead atoms. The van der Waals surface area contributed by atoms with Gasteiger partial charge in [0.1, 0.15) is 0 Å². The summed E-state index contributed by atoms with van der Waals surface area (Å²) in [4.78, 5) is 0. The van der Waals surface area contributed by atoms with Crippen molar-refractivity contribution < 1.29 is 0 Å². The van der Waals surface area contributed by atoms with Crippen LogP contribution >= 0.6 is 0 Å². The number of nitriles is 1. The van der Waals surface area contributed by atoms with E-state index in [2.05, 4.69) is 36.5 Å². The Morgan fingerprint density at radius 2 is 2.18 bits per heavy atom. The zero-order valence-electron chi connectivity index (χ0n) is 10.2. The van der Waals surface area contributed by atoms with Crippen LogP contribution in [0.2, 0.25) is 0 Å². The summed E-state index contributed by atoms with van der Waals surface area (Å²) in [6.07, 6.45) is 2.47. The lowest BCUT2D eigenvalue weighted by Gasteiger charge is -2.20. The van der Waals surface area contributed by atoms with Crippen LogP contribution in [0.3, 0.4) is 0 Å². The van der Waals surface area contributed by atoms with E-state index in [1.165, 1.54) is 11.1 Å². The molecule has 1 aromatic rings. The van der Waals surface area contributed by atoms with E-state index in [1.807, 2.05) is 6.07 Å². The number of nitrogens with two attached hydrogens (primary N) is 1. The molecule has 0 radical (unpaired) electrons. The first kappa shape index (κ1) is 12.1. The minimum absolute atomic E-state index is 0.128. The van der Waals surface area contributed by atoms with E-state index in [0.29, 0.717) is 12.5 Å². The van der Waals surface area contributed by atoms with E-state index >= 15 is 0 Å². The maximum Gasteiger partial charge on any atom is 0.0638 e. The molecule has 0 amide bonds. The third-order valence-electron chi connectivity index (χ3n) is 3.53. The van der Waals surface area contributed by atoms with Gasteiger partial charge in [0.2, 0.25) is 0 Å². The molecule has 1 aliphatic carbocycles. The molecule has 3 unspecified atom stereocenters. The lowest BCUT2D eigenvalue weighted by molar-refractivity contribution is 0.413. The zero-order chi connectivity index (χ0) is 12.3. The first-order chi connectivity index (χ1) is 8.26. The lowest BCUT2D eigenvalue weighted by atomic mass is 10.1. The number of nitrogens with zero attached hydrogens (tertiary/aromatic N) is 1. The molecule has 2 rings (SSSR count). The van der Waals surface area contributed by atoms with E-state index < -0.39 is 0 Å².